The molecular formula is C20H21N7O6S2. The topological polar surface area (TPSA) is 204 Å². The summed E-state index contributed by atoms with van der Waals surface area (Å²) in [4.78, 5) is 50.5. The van der Waals surface area contributed by atoms with E-state index in [0.29, 0.717) is 21.9 Å². The van der Waals surface area contributed by atoms with Gasteiger partial charge in [-0.05, 0) is 23.3 Å². The number of amides is 3. The second-order valence-electron chi connectivity index (χ2n) is 7.57. The highest BCUT2D eigenvalue weighted by Gasteiger charge is 2.54. The van der Waals surface area contributed by atoms with Gasteiger partial charge in [-0.2, -0.15) is 5.21 Å². The van der Waals surface area contributed by atoms with Crippen molar-refractivity contribution < 1.29 is 29.4 Å². The van der Waals surface area contributed by atoms with Gasteiger partial charge < -0.3 is 26.6 Å². The van der Waals surface area contributed by atoms with Gasteiger partial charge in [0.2, 0.25) is 5.91 Å². The minimum atomic E-state index is -1.27. The molecule has 0 bridgehead atoms. The van der Waals surface area contributed by atoms with Crippen molar-refractivity contribution >= 4 is 47.2 Å². The quantitative estimate of drug-likeness (QED) is 0.192. The van der Waals surface area contributed by atoms with E-state index >= 15 is 0 Å². The molecule has 13 nitrogen and oxygen atoms in total. The summed E-state index contributed by atoms with van der Waals surface area (Å²) in [6.45, 7) is 0. The third-order valence-electron chi connectivity index (χ3n) is 5.42. The predicted octanol–water partition coefficient (Wildman–Crippen LogP) is -0.599. The van der Waals surface area contributed by atoms with Crippen molar-refractivity contribution in [1.29, 1.82) is 0 Å². The Hall–Kier alpha value is -3.56. The number of carbonyl (C=O) groups is 4. The maximum atomic E-state index is 12.9. The molecule has 1 saturated heterocycles. The molecule has 3 atom stereocenters. The largest absolute Gasteiger partial charge is 0.508 e. The maximum absolute atomic E-state index is 12.9. The molecule has 2 unspecified atom stereocenters. The Labute approximate surface area is 206 Å². The van der Waals surface area contributed by atoms with Gasteiger partial charge in [0.05, 0.1) is 0 Å². The number of carboxylic acids is 1. The number of nitrogens with one attached hydrogen (secondary N) is 3. The second-order valence-corrected chi connectivity index (χ2v) is 9.64. The van der Waals surface area contributed by atoms with Gasteiger partial charge in [0.15, 0.2) is 10.7 Å². The molecule has 1 fully saturated rings. The first-order chi connectivity index (χ1) is 16.7. The number of carboxylic acid groups (broad SMARTS) is 1. The van der Waals surface area contributed by atoms with Gasteiger partial charge in [-0.15, -0.1) is 22.0 Å². The van der Waals surface area contributed by atoms with E-state index in [1.54, 1.807) is 0 Å². The second kappa shape index (κ2) is 9.97. The Morgan fingerprint density at radius 2 is 2.03 bits per heavy atom. The third kappa shape index (κ3) is 4.69. The molecule has 4 rings (SSSR count). The maximum Gasteiger partial charge on any atom is 0.352 e. The molecule has 2 aliphatic heterocycles. The highest BCUT2D eigenvalue weighted by Crippen LogP contribution is 2.41. The molecule has 184 valence electrons. The van der Waals surface area contributed by atoms with Gasteiger partial charge in [0, 0.05) is 18.6 Å². The summed E-state index contributed by atoms with van der Waals surface area (Å²) >= 11 is 2.44. The number of carbonyl (C=O) groups excluding carboxylic acids is 3. The average Bonchev–Trinajstić information content (AvgIpc) is 3.33. The van der Waals surface area contributed by atoms with Crippen LogP contribution in [0.1, 0.15) is 22.1 Å². The highest BCUT2D eigenvalue weighted by atomic mass is 32.2. The number of aliphatic carboxylic acids is 1. The molecule has 0 saturated carbocycles. The molecule has 2 aromatic rings. The SMILES string of the molecule is CNC(=O)c1n[nH]nc1SCC1=C(C(=O)O)N2C(=O)C(NC(=O)C(N)c3ccc(O)cc3)[C@@H]2SC1. The molecule has 3 amide bonds. The molecule has 3 heterocycles. The van der Waals surface area contributed by atoms with Crippen LogP contribution < -0.4 is 16.4 Å². The summed E-state index contributed by atoms with van der Waals surface area (Å²) in [6, 6.07) is 3.82. The zero-order valence-corrected chi connectivity index (χ0v) is 19.9. The number of benzene rings is 1. The Morgan fingerprint density at radius 3 is 2.69 bits per heavy atom. The van der Waals surface area contributed by atoms with E-state index in [1.165, 1.54) is 43.1 Å². The highest BCUT2D eigenvalue weighted by molar-refractivity contribution is 8.01. The Bertz CT molecular complexity index is 1210. The monoisotopic (exact) mass is 519 g/mol. The van der Waals surface area contributed by atoms with E-state index in [0.717, 1.165) is 16.7 Å². The van der Waals surface area contributed by atoms with Crippen LogP contribution in [0.25, 0.3) is 0 Å². The molecular weight excluding hydrogens is 498 g/mol. The minimum Gasteiger partial charge on any atom is -0.508 e. The van der Waals surface area contributed by atoms with Crippen LogP contribution in [0, 0.1) is 0 Å². The fourth-order valence-corrected chi connectivity index (χ4v) is 6.02. The van der Waals surface area contributed by atoms with Gasteiger partial charge in [-0.25, -0.2) is 4.79 Å². The van der Waals surface area contributed by atoms with Gasteiger partial charge >= 0.3 is 5.97 Å². The normalized spacial score (nSPS) is 20.1. The summed E-state index contributed by atoms with van der Waals surface area (Å²) < 4.78 is 0. The first-order valence-corrected chi connectivity index (χ1v) is 12.3. The third-order valence-corrected chi connectivity index (χ3v) is 7.81. The van der Waals surface area contributed by atoms with Crippen molar-refractivity contribution in [3.05, 3.63) is 46.8 Å². The van der Waals surface area contributed by atoms with E-state index in [2.05, 4.69) is 26.0 Å². The molecule has 0 aliphatic carbocycles. The van der Waals surface area contributed by atoms with Gasteiger partial charge in [-0.1, -0.05) is 23.9 Å². The molecule has 15 heteroatoms. The lowest BCUT2D eigenvalue weighted by molar-refractivity contribution is -0.150. The number of β-lactam (4-membered cyclic amide) rings is 1. The van der Waals surface area contributed by atoms with Gasteiger partial charge in [-0.3, -0.25) is 19.3 Å². The van der Waals surface area contributed by atoms with Crippen molar-refractivity contribution in [2.24, 2.45) is 5.73 Å². The summed E-state index contributed by atoms with van der Waals surface area (Å²) in [5, 5.41) is 34.1. The molecule has 0 spiro atoms. The lowest BCUT2D eigenvalue weighted by Gasteiger charge is -2.49. The number of fused-ring (bicyclic) bond motifs is 1. The summed E-state index contributed by atoms with van der Waals surface area (Å²) in [5.41, 5.74) is 6.85. The number of nitrogens with two attached hydrogens (primary N) is 1. The number of aromatic nitrogens is 3. The number of aromatic hydroxyl groups is 1. The molecule has 0 radical (unpaired) electrons. The number of nitrogens with zero attached hydrogens (tertiary/aromatic N) is 3. The number of H-pyrrole nitrogens is 1. The van der Waals surface area contributed by atoms with E-state index in [9.17, 15) is 29.4 Å². The van der Waals surface area contributed by atoms with Crippen molar-refractivity contribution in [3.8, 4) is 5.75 Å². The summed E-state index contributed by atoms with van der Waals surface area (Å²) in [7, 11) is 1.46. The number of thioether (sulfide) groups is 2. The van der Waals surface area contributed by atoms with E-state index in [1.807, 2.05) is 0 Å². The van der Waals surface area contributed by atoms with Crippen LogP contribution in [0.2, 0.25) is 0 Å². The van der Waals surface area contributed by atoms with Crippen LogP contribution in [0.3, 0.4) is 0 Å². The first-order valence-electron chi connectivity index (χ1n) is 10.2. The number of aromatic amines is 1. The van der Waals surface area contributed by atoms with Crippen LogP contribution in [0.4, 0.5) is 0 Å². The van der Waals surface area contributed by atoms with Gasteiger partial charge in [0.25, 0.3) is 11.8 Å². The Morgan fingerprint density at radius 1 is 1.31 bits per heavy atom. The van der Waals surface area contributed by atoms with Crippen molar-refractivity contribution in [2.75, 3.05) is 18.6 Å². The molecule has 2 aliphatic rings. The zero-order valence-electron chi connectivity index (χ0n) is 18.2. The van der Waals surface area contributed by atoms with Crippen LogP contribution >= 0.6 is 23.5 Å². The standard InChI is InChI=1S/C20H21N7O6S2/c1-22-16(30)12-17(25-26-24-12)34-6-9-7-35-19-13(18(31)27(19)14(9)20(32)33)23-15(29)11(21)8-2-4-10(28)5-3-8/h2-5,11,13,19,28H,6-7,21H2,1H3,(H,22,30)(H,23,29)(H,32,33)(H,24,25,26)/t11?,13?,19-/m0/s1. The van der Waals surface area contributed by atoms with E-state index in [-0.39, 0.29) is 22.9 Å². The summed E-state index contributed by atoms with van der Waals surface area (Å²) in [6.07, 6.45) is 0. The summed E-state index contributed by atoms with van der Waals surface area (Å²) in [5.74, 6) is -2.35. The Balaban J connectivity index is 1.46. The zero-order chi connectivity index (χ0) is 25.3. The van der Waals surface area contributed by atoms with E-state index < -0.39 is 41.1 Å². The van der Waals surface area contributed by atoms with Crippen molar-refractivity contribution in [2.45, 2.75) is 22.5 Å². The van der Waals surface area contributed by atoms with Crippen LogP contribution in [0.15, 0.2) is 40.6 Å². The van der Waals surface area contributed by atoms with Crippen LogP contribution in [0.5, 0.6) is 5.75 Å². The number of hydrogen-bond donors (Lipinski definition) is 6. The molecule has 1 aromatic carbocycles. The lowest BCUT2D eigenvalue weighted by atomic mass is 10.0. The minimum absolute atomic E-state index is 0.0279. The fourth-order valence-electron chi connectivity index (χ4n) is 3.61. The lowest BCUT2D eigenvalue weighted by Crippen LogP contribution is -2.71. The molecule has 1 aromatic heterocycles. The first kappa shape index (κ1) is 24.6. The van der Waals surface area contributed by atoms with E-state index in [4.69, 9.17) is 5.73 Å². The predicted molar refractivity (Wildman–Crippen MR) is 125 cm³/mol. The van der Waals surface area contributed by atoms with Crippen LogP contribution in [-0.2, 0) is 14.4 Å². The molecule has 7 N–H and O–H groups in total. The number of hydrogen-bond acceptors (Lipinski definition) is 10. The average molecular weight is 520 g/mol. The molecule has 35 heavy (non-hydrogen) atoms. The smallest absolute Gasteiger partial charge is 0.352 e. The number of phenolic OH excluding ortho intramolecular Hbond substituents is 1. The van der Waals surface area contributed by atoms with Crippen molar-refractivity contribution in [3.63, 3.8) is 0 Å². The van der Waals surface area contributed by atoms with Crippen LogP contribution in [-0.4, -0.2) is 84.2 Å². The van der Waals surface area contributed by atoms with Crippen molar-refractivity contribution in [1.82, 2.24) is 30.9 Å². The fraction of sp³-hybridized carbons (Fsp3) is 0.300. The number of rotatable bonds is 8. The Kier molecular flexibility index (Phi) is 7.00. The number of phenols is 1. The van der Waals surface area contributed by atoms with Gasteiger partial charge in [0.1, 0.15) is 28.9 Å².